The lowest BCUT2D eigenvalue weighted by Crippen LogP contribution is -2.00. The van der Waals surface area contributed by atoms with Crippen LogP contribution in [0.3, 0.4) is 0 Å². The molecule has 0 spiro atoms. The molecule has 0 unspecified atom stereocenters. The monoisotopic (exact) mass is 259 g/mol. The van der Waals surface area contributed by atoms with Crippen LogP contribution in [0.15, 0.2) is 24.4 Å². The highest BCUT2D eigenvalue weighted by Gasteiger charge is 2.07. The Labute approximate surface area is 112 Å². The highest BCUT2D eigenvalue weighted by atomic mass is 32.1. The Morgan fingerprint density at radius 3 is 2.89 bits per heavy atom. The topological polar surface area (TPSA) is 41.6 Å². The van der Waals surface area contributed by atoms with Gasteiger partial charge in [0.1, 0.15) is 10.3 Å². The van der Waals surface area contributed by atoms with Crippen LogP contribution in [0.4, 0.5) is 0 Å². The van der Waals surface area contributed by atoms with Gasteiger partial charge in [-0.05, 0) is 30.5 Å². The van der Waals surface area contributed by atoms with Gasteiger partial charge in [0.05, 0.1) is 0 Å². The van der Waals surface area contributed by atoms with E-state index >= 15 is 0 Å². The molecular weight excluding hydrogens is 242 g/mol. The summed E-state index contributed by atoms with van der Waals surface area (Å²) in [6, 6.07) is 5.96. The lowest BCUT2D eigenvalue weighted by atomic mass is 10.1. The van der Waals surface area contributed by atoms with Crippen LogP contribution in [-0.2, 0) is 12.8 Å². The van der Waals surface area contributed by atoms with Gasteiger partial charge in [0, 0.05) is 11.9 Å². The Bertz CT molecular complexity index is 590. The first-order valence-electron chi connectivity index (χ1n) is 6.29. The van der Waals surface area contributed by atoms with Gasteiger partial charge in [0.2, 0.25) is 0 Å². The lowest BCUT2D eigenvalue weighted by Gasteiger charge is -2.08. The zero-order valence-electron chi connectivity index (χ0n) is 10.7. The van der Waals surface area contributed by atoms with Crippen LogP contribution in [0.2, 0.25) is 0 Å². The molecule has 1 N–H and O–H groups in total. The smallest absolute Gasteiger partial charge is 0.158 e. The van der Waals surface area contributed by atoms with E-state index in [-0.39, 0.29) is 0 Å². The van der Waals surface area contributed by atoms with Crippen molar-refractivity contribution in [1.29, 1.82) is 0 Å². The minimum absolute atomic E-state index is 0.625. The van der Waals surface area contributed by atoms with E-state index in [2.05, 4.69) is 34.9 Å². The van der Waals surface area contributed by atoms with Gasteiger partial charge in [-0.3, -0.25) is 4.98 Å². The van der Waals surface area contributed by atoms with Gasteiger partial charge in [0.15, 0.2) is 5.82 Å². The Morgan fingerprint density at radius 1 is 1.33 bits per heavy atom. The van der Waals surface area contributed by atoms with E-state index < -0.39 is 0 Å². The van der Waals surface area contributed by atoms with Gasteiger partial charge in [-0.25, -0.2) is 4.98 Å². The summed E-state index contributed by atoms with van der Waals surface area (Å²) in [5, 5.41) is 0. The summed E-state index contributed by atoms with van der Waals surface area (Å²) < 4.78 is 0.625. The molecule has 0 atom stereocenters. The maximum absolute atomic E-state index is 5.22. The molecule has 0 amide bonds. The average molecular weight is 259 g/mol. The van der Waals surface area contributed by atoms with E-state index in [9.17, 15) is 0 Å². The van der Waals surface area contributed by atoms with Crippen molar-refractivity contribution < 1.29 is 0 Å². The zero-order chi connectivity index (χ0) is 13.0. The molecule has 0 aliphatic heterocycles. The molecule has 2 aromatic rings. The number of hydrogen-bond acceptors (Lipinski definition) is 3. The lowest BCUT2D eigenvalue weighted by molar-refractivity contribution is 0.870. The number of rotatable bonds is 4. The summed E-state index contributed by atoms with van der Waals surface area (Å²) in [6.45, 7) is 4.26. The Morgan fingerprint density at radius 2 is 2.17 bits per heavy atom. The summed E-state index contributed by atoms with van der Waals surface area (Å²) >= 11 is 5.22. The summed E-state index contributed by atoms with van der Waals surface area (Å²) in [7, 11) is 0. The van der Waals surface area contributed by atoms with Crippen molar-refractivity contribution >= 4 is 12.2 Å². The van der Waals surface area contributed by atoms with Gasteiger partial charge in [0.25, 0.3) is 0 Å². The number of aromatic nitrogens is 3. The third-order valence-corrected chi connectivity index (χ3v) is 3.02. The summed E-state index contributed by atoms with van der Waals surface area (Å²) in [6.07, 6.45) is 4.79. The van der Waals surface area contributed by atoms with Gasteiger partial charge in [-0.2, -0.15) is 0 Å². The second kappa shape index (κ2) is 5.87. The van der Waals surface area contributed by atoms with E-state index in [1.807, 2.05) is 12.1 Å². The van der Waals surface area contributed by atoms with Crippen LogP contribution in [0.25, 0.3) is 11.5 Å². The zero-order valence-corrected chi connectivity index (χ0v) is 11.5. The number of nitrogens with one attached hydrogen (secondary N) is 1. The van der Waals surface area contributed by atoms with Crippen LogP contribution in [0.5, 0.6) is 0 Å². The van der Waals surface area contributed by atoms with Gasteiger partial charge in [-0.1, -0.05) is 38.6 Å². The molecule has 0 aliphatic rings. The summed E-state index contributed by atoms with van der Waals surface area (Å²) in [5.74, 6) is 0.781. The first-order valence-corrected chi connectivity index (χ1v) is 6.70. The summed E-state index contributed by atoms with van der Waals surface area (Å²) in [5.41, 5.74) is 3.22. The molecule has 3 nitrogen and oxygen atoms in total. The van der Waals surface area contributed by atoms with Crippen molar-refractivity contribution in [2.75, 3.05) is 0 Å². The van der Waals surface area contributed by atoms with Crippen molar-refractivity contribution in [1.82, 2.24) is 15.0 Å². The number of H-pyrrole nitrogens is 1. The molecule has 0 bridgehead atoms. The third-order valence-electron chi connectivity index (χ3n) is 2.81. The number of nitrogens with zero attached hydrogens (tertiary/aromatic N) is 2. The first-order chi connectivity index (χ1) is 8.74. The molecule has 2 heterocycles. The maximum Gasteiger partial charge on any atom is 0.158 e. The minimum atomic E-state index is 0.625. The van der Waals surface area contributed by atoms with E-state index in [1.54, 1.807) is 6.20 Å². The fourth-order valence-corrected chi connectivity index (χ4v) is 2.19. The van der Waals surface area contributed by atoms with E-state index in [1.165, 1.54) is 5.56 Å². The SMILES string of the molecule is CCCc1cc(=S)nc(-c2ncccc2CC)[nH]1. The highest BCUT2D eigenvalue weighted by Crippen LogP contribution is 2.18. The number of pyridine rings is 1. The molecule has 0 aromatic carbocycles. The standard InChI is InChI=1S/C14H17N3S/c1-3-6-11-9-12(18)17-14(16-11)13-10(4-2)7-5-8-15-13/h5,7-9H,3-4,6H2,1-2H3,(H,16,17,18). The second-order valence-corrected chi connectivity index (χ2v) is 4.63. The number of hydrogen-bond donors (Lipinski definition) is 1. The molecule has 2 rings (SSSR count). The fraction of sp³-hybridized carbons (Fsp3) is 0.357. The molecule has 2 aromatic heterocycles. The fourth-order valence-electron chi connectivity index (χ4n) is 1.96. The quantitative estimate of drug-likeness (QED) is 0.851. The van der Waals surface area contributed by atoms with E-state index in [4.69, 9.17) is 12.2 Å². The Balaban J connectivity index is 2.53. The predicted molar refractivity (Wildman–Crippen MR) is 76.0 cm³/mol. The first kappa shape index (κ1) is 12.9. The van der Waals surface area contributed by atoms with Crippen LogP contribution >= 0.6 is 12.2 Å². The van der Waals surface area contributed by atoms with Crippen molar-refractivity contribution in [3.05, 3.63) is 40.3 Å². The molecule has 4 heteroatoms. The Kier molecular flexibility index (Phi) is 4.20. The van der Waals surface area contributed by atoms with Crippen LogP contribution < -0.4 is 0 Å². The largest absolute Gasteiger partial charge is 0.342 e. The molecular formula is C14H17N3S. The van der Waals surface area contributed by atoms with Crippen LogP contribution in [0, 0.1) is 4.64 Å². The van der Waals surface area contributed by atoms with E-state index in [0.29, 0.717) is 4.64 Å². The van der Waals surface area contributed by atoms with Gasteiger partial charge < -0.3 is 4.98 Å². The molecule has 0 radical (unpaired) electrons. The van der Waals surface area contributed by atoms with Crippen LogP contribution in [0.1, 0.15) is 31.5 Å². The molecule has 0 saturated heterocycles. The van der Waals surface area contributed by atoms with Crippen molar-refractivity contribution in [2.24, 2.45) is 0 Å². The third kappa shape index (κ3) is 2.82. The second-order valence-electron chi connectivity index (χ2n) is 4.21. The molecule has 0 aliphatic carbocycles. The number of aryl methyl sites for hydroxylation is 2. The van der Waals surface area contributed by atoms with E-state index in [0.717, 1.165) is 36.5 Å². The van der Waals surface area contributed by atoms with Crippen molar-refractivity contribution in [2.45, 2.75) is 33.1 Å². The molecule has 0 fully saturated rings. The number of aromatic amines is 1. The van der Waals surface area contributed by atoms with Gasteiger partial charge in [-0.15, -0.1) is 0 Å². The van der Waals surface area contributed by atoms with Crippen LogP contribution in [-0.4, -0.2) is 15.0 Å². The average Bonchev–Trinajstić information content (AvgIpc) is 2.38. The summed E-state index contributed by atoms with van der Waals surface area (Å²) in [4.78, 5) is 12.2. The molecule has 94 valence electrons. The van der Waals surface area contributed by atoms with Gasteiger partial charge >= 0.3 is 0 Å². The van der Waals surface area contributed by atoms with Crippen molar-refractivity contribution in [3.8, 4) is 11.5 Å². The highest BCUT2D eigenvalue weighted by molar-refractivity contribution is 7.71. The molecule has 18 heavy (non-hydrogen) atoms. The maximum atomic E-state index is 5.22. The molecule has 0 saturated carbocycles. The normalized spacial score (nSPS) is 10.6. The minimum Gasteiger partial charge on any atom is -0.342 e. The van der Waals surface area contributed by atoms with Crippen molar-refractivity contribution in [3.63, 3.8) is 0 Å². The predicted octanol–water partition coefficient (Wildman–Crippen LogP) is 3.72. The Hall–Kier alpha value is -1.55.